The lowest BCUT2D eigenvalue weighted by atomic mass is 10.0. The van der Waals surface area contributed by atoms with Crippen LogP contribution in [-0.2, 0) is 11.2 Å². The molecule has 33 heavy (non-hydrogen) atoms. The Morgan fingerprint density at radius 2 is 2.12 bits per heavy atom. The number of unbranched alkanes of at least 4 members (excludes halogenated alkanes) is 1. The number of hydrogen-bond donors (Lipinski definition) is 4. The average Bonchev–Trinajstić information content (AvgIpc) is 3.20. The van der Waals surface area contributed by atoms with E-state index in [9.17, 15) is 13.6 Å². The number of halogens is 2. The van der Waals surface area contributed by atoms with Crippen LogP contribution >= 0.6 is 0 Å². The van der Waals surface area contributed by atoms with Crippen molar-refractivity contribution in [2.24, 2.45) is 10.7 Å². The number of likely N-dealkylation sites (N-methyl/N-ethyl adjacent to an activating group) is 1. The van der Waals surface area contributed by atoms with Crippen LogP contribution in [0.25, 0.3) is 10.9 Å². The lowest BCUT2D eigenvalue weighted by Gasteiger charge is -2.39. The molecule has 1 aromatic carbocycles. The van der Waals surface area contributed by atoms with E-state index in [1.807, 2.05) is 30.5 Å². The fourth-order valence-corrected chi connectivity index (χ4v) is 4.10. The van der Waals surface area contributed by atoms with Gasteiger partial charge in [0.25, 0.3) is 12.3 Å². The molecule has 2 unspecified atom stereocenters. The molecule has 1 fully saturated rings. The van der Waals surface area contributed by atoms with Gasteiger partial charge in [-0.2, -0.15) is 4.99 Å². The van der Waals surface area contributed by atoms with Gasteiger partial charge in [0, 0.05) is 42.8 Å². The summed E-state index contributed by atoms with van der Waals surface area (Å²) < 4.78 is 26.5. The molecule has 2 aromatic rings. The highest BCUT2D eigenvalue weighted by molar-refractivity contribution is 6.38. The van der Waals surface area contributed by atoms with Gasteiger partial charge in [-0.25, -0.2) is 8.78 Å². The van der Waals surface area contributed by atoms with Crippen molar-refractivity contribution < 1.29 is 13.6 Å². The van der Waals surface area contributed by atoms with E-state index in [1.54, 1.807) is 11.9 Å². The monoisotopic (exact) mass is 461 g/mol. The van der Waals surface area contributed by atoms with Gasteiger partial charge < -0.3 is 20.9 Å². The number of nitrogens with zero attached hydrogens (tertiary/aromatic N) is 3. The number of rotatable bonds is 7. The summed E-state index contributed by atoms with van der Waals surface area (Å²) in [5.41, 5.74) is 8.03. The number of amidine groups is 1. The molecule has 0 saturated carbocycles. The first-order chi connectivity index (χ1) is 15.8. The normalized spacial score (nSPS) is 18.6. The molecule has 3 rings (SSSR count). The second-order valence-corrected chi connectivity index (χ2v) is 8.53. The van der Waals surface area contributed by atoms with Gasteiger partial charge >= 0.3 is 0 Å². The quantitative estimate of drug-likeness (QED) is 0.375. The summed E-state index contributed by atoms with van der Waals surface area (Å²) in [5.74, 6) is -1.17. The maximum atomic E-state index is 13.2. The fraction of sp³-hybridized carbons (Fsp3) is 0.522. The first kappa shape index (κ1) is 24.6. The minimum absolute atomic E-state index is 0.0366. The number of carbonyl (C=O) groups excluding carboxylic acids is 1. The standard InChI is InChI=1S/C23H33F2N7O/c1-3-4-7-16(12-15-13-28-18-9-6-5-8-17(15)18)29-22(33)21(26)30-23(27)32-11-10-31(2)19(14-32)20(24)25/h5-6,8-9,13,16,19-20,28H,3-4,7,10-12,14H2,1-2H3,(H,29,33)(H3,26,27,30). The molecular weight excluding hydrogens is 428 g/mol. The topological polar surface area (TPSA) is 114 Å². The summed E-state index contributed by atoms with van der Waals surface area (Å²) in [6.45, 7) is 2.80. The fourth-order valence-electron chi connectivity index (χ4n) is 4.10. The van der Waals surface area contributed by atoms with Crippen molar-refractivity contribution in [3.63, 3.8) is 0 Å². The summed E-state index contributed by atoms with van der Waals surface area (Å²) >= 11 is 0. The summed E-state index contributed by atoms with van der Waals surface area (Å²) in [5, 5.41) is 12.2. The van der Waals surface area contributed by atoms with Crippen LogP contribution < -0.4 is 11.1 Å². The number of piperazine rings is 1. The predicted molar refractivity (Wildman–Crippen MR) is 127 cm³/mol. The summed E-state index contributed by atoms with van der Waals surface area (Å²) in [6, 6.07) is 6.86. The van der Waals surface area contributed by atoms with Crippen LogP contribution in [0.15, 0.2) is 35.5 Å². The van der Waals surface area contributed by atoms with E-state index in [2.05, 4.69) is 22.2 Å². The molecular formula is C23H33F2N7O. The van der Waals surface area contributed by atoms with Gasteiger partial charge in [-0.15, -0.1) is 0 Å². The predicted octanol–water partition coefficient (Wildman–Crippen LogP) is 2.56. The molecule has 1 aliphatic heterocycles. The van der Waals surface area contributed by atoms with Crippen molar-refractivity contribution >= 4 is 28.6 Å². The maximum Gasteiger partial charge on any atom is 0.286 e. The number of aromatic nitrogens is 1. The zero-order valence-electron chi connectivity index (χ0n) is 19.2. The van der Waals surface area contributed by atoms with Crippen molar-refractivity contribution in [2.45, 2.75) is 51.1 Å². The number of hydrogen-bond acceptors (Lipinski definition) is 3. The number of carbonyl (C=O) groups is 1. The van der Waals surface area contributed by atoms with Crippen LogP contribution in [0.4, 0.5) is 8.78 Å². The summed E-state index contributed by atoms with van der Waals surface area (Å²) in [7, 11) is 1.63. The van der Waals surface area contributed by atoms with Crippen molar-refractivity contribution in [3.05, 3.63) is 36.0 Å². The van der Waals surface area contributed by atoms with Crippen LogP contribution in [0.1, 0.15) is 31.7 Å². The molecule has 1 saturated heterocycles. The SMILES string of the molecule is CCCCC(Cc1c[nH]c2ccccc12)NC(=O)/C(N)=N/C(=N)N1CCN(C)C(C(F)F)C1. The van der Waals surface area contributed by atoms with Gasteiger partial charge in [0.05, 0.1) is 6.04 Å². The maximum absolute atomic E-state index is 13.2. The number of benzene rings is 1. The van der Waals surface area contributed by atoms with E-state index in [1.165, 1.54) is 4.90 Å². The van der Waals surface area contributed by atoms with Crippen molar-refractivity contribution in [2.75, 3.05) is 26.7 Å². The lowest BCUT2D eigenvalue weighted by molar-refractivity contribution is -0.115. The zero-order valence-corrected chi connectivity index (χ0v) is 19.2. The molecule has 10 heteroatoms. The number of fused-ring (bicyclic) bond motifs is 1. The molecule has 180 valence electrons. The number of H-pyrrole nitrogens is 1. The van der Waals surface area contributed by atoms with Crippen LogP contribution in [0.3, 0.4) is 0 Å². The molecule has 0 radical (unpaired) electrons. The molecule has 1 aliphatic rings. The summed E-state index contributed by atoms with van der Waals surface area (Å²) in [6.07, 6.45) is 2.77. The Morgan fingerprint density at radius 1 is 1.36 bits per heavy atom. The Balaban J connectivity index is 1.65. The smallest absolute Gasteiger partial charge is 0.286 e. The van der Waals surface area contributed by atoms with E-state index in [0.29, 0.717) is 19.5 Å². The van der Waals surface area contributed by atoms with Crippen LogP contribution in [0, 0.1) is 5.41 Å². The molecule has 0 spiro atoms. The van der Waals surface area contributed by atoms with Crippen LogP contribution in [-0.4, -0.2) is 77.7 Å². The zero-order chi connectivity index (χ0) is 24.0. The molecule has 0 bridgehead atoms. The number of alkyl halides is 2. The highest BCUT2D eigenvalue weighted by atomic mass is 19.3. The lowest BCUT2D eigenvalue weighted by Crippen LogP contribution is -2.55. The second kappa shape index (κ2) is 11.2. The Morgan fingerprint density at radius 3 is 2.85 bits per heavy atom. The van der Waals surface area contributed by atoms with E-state index in [4.69, 9.17) is 11.1 Å². The van der Waals surface area contributed by atoms with Crippen molar-refractivity contribution in [1.29, 1.82) is 5.41 Å². The van der Waals surface area contributed by atoms with Gasteiger partial charge in [0.1, 0.15) is 0 Å². The number of aliphatic imine (C=N–C) groups is 1. The first-order valence-corrected chi connectivity index (χ1v) is 11.3. The van der Waals surface area contributed by atoms with Gasteiger partial charge in [0.15, 0.2) is 5.84 Å². The number of nitrogens with two attached hydrogens (primary N) is 1. The highest BCUT2D eigenvalue weighted by Gasteiger charge is 2.32. The van der Waals surface area contributed by atoms with Crippen LogP contribution in [0.5, 0.6) is 0 Å². The minimum Gasteiger partial charge on any atom is -0.379 e. The first-order valence-electron chi connectivity index (χ1n) is 11.3. The third-order valence-corrected chi connectivity index (χ3v) is 6.13. The number of nitrogens with one attached hydrogen (secondary N) is 3. The van der Waals surface area contributed by atoms with Crippen molar-refractivity contribution in [3.8, 4) is 0 Å². The Kier molecular flexibility index (Phi) is 8.37. The highest BCUT2D eigenvalue weighted by Crippen LogP contribution is 2.20. The van der Waals surface area contributed by atoms with Gasteiger partial charge in [-0.3, -0.25) is 15.1 Å². The third-order valence-electron chi connectivity index (χ3n) is 6.13. The molecule has 1 amide bonds. The molecule has 1 aromatic heterocycles. The van der Waals surface area contributed by atoms with E-state index in [-0.39, 0.29) is 24.4 Å². The van der Waals surface area contributed by atoms with Crippen molar-refractivity contribution in [1.82, 2.24) is 20.1 Å². The minimum atomic E-state index is -2.53. The van der Waals surface area contributed by atoms with E-state index >= 15 is 0 Å². The third kappa shape index (κ3) is 6.28. The van der Waals surface area contributed by atoms with Gasteiger partial charge in [-0.1, -0.05) is 38.0 Å². The molecule has 0 aliphatic carbocycles. The Labute approximate surface area is 192 Å². The average molecular weight is 462 g/mol. The van der Waals surface area contributed by atoms with Gasteiger partial charge in [0.2, 0.25) is 5.96 Å². The molecule has 8 nitrogen and oxygen atoms in total. The van der Waals surface area contributed by atoms with E-state index in [0.717, 1.165) is 35.7 Å². The number of guanidine groups is 1. The Hall–Kier alpha value is -3.01. The molecule has 2 atom stereocenters. The number of aromatic amines is 1. The largest absolute Gasteiger partial charge is 0.379 e. The second-order valence-electron chi connectivity index (χ2n) is 8.53. The summed E-state index contributed by atoms with van der Waals surface area (Å²) in [4.78, 5) is 22.9. The Bertz CT molecular complexity index is 990. The van der Waals surface area contributed by atoms with Crippen LogP contribution in [0.2, 0.25) is 0 Å². The molecule has 2 heterocycles. The van der Waals surface area contributed by atoms with E-state index < -0.39 is 18.4 Å². The molecule has 5 N–H and O–H groups in total. The van der Waals surface area contributed by atoms with Gasteiger partial charge in [-0.05, 0) is 31.5 Å². The number of amides is 1. The number of para-hydroxylation sites is 1.